The minimum absolute atomic E-state index is 0.238. The van der Waals surface area contributed by atoms with Gasteiger partial charge in [-0.3, -0.25) is 23.7 Å². The Morgan fingerprint density at radius 1 is 0.951 bits per heavy atom. The molecule has 1 N–H and O–H groups in total. The van der Waals surface area contributed by atoms with Gasteiger partial charge >= 0.3 is 4.87 Å². The van der Waals surface area contributed by atoms with Crippen LogP contribution in [0.4, 0.5) is 11.4 Å². The predicted molar refractivity (Wildman–Crippen MR) is 160 cm³/mol. The topological polar surface area (TPSA) is 97.7 Å². The molecule has 2 unspecified atom stereocenters. The molecule has 0 radical (unpaired) electrons. The van der Waals surface area contributed by atoms with Gasteiger partial charge in [0.25, 0.3) is 0 Å². The number of nitrogens with zero attached hydrogens (tertiary/aromatic N) is 2. The third-order valence-electron chi connectivity index (χ3n) is 7.25. The van der Waals surface area contributed by atoms with Crippen molar-refractivity contribution in [3.63, 3.8) is 0 Å². The molecule has 2 aliphatic heterocycles. The molecule has 11 heteroatoms. The van der Waals surface area contributed by atoms with Crippen LogP contribution >= 0.6 is 34.7 Å². The van der Waals surface area contributed by atoms with Crippen molar-refractivity contribution in [1.82, 2.24) is 4.57 Å². The van der Waals surface area contributed by atoms with Crippen molar-refractivity contribution in [2.24, 2.45) is 5.92 Å². The Labute approximate surface area is 248 Å². The fraction of sp³-hybridized carbons (Fsp3) is 0.200. The van der Waals surface area contributed by atoms with Crippen molar-refractivity contribution < 1.29 is 19.1 Å². The Kier molecular flexibility index (Phi) is 7.23. The molecule has 1 aromatic heterocycles. The normalized spacial score (nSPS) is 19.6. The van der Waals surface area contributed by atoms with Crippen molar-refractivity contribution >= 4 is 63.8 Å². The highest BCUT2D eigenvalue weighted by molar-refractivity contribution is 8.00. The maximum atomic E-state index is 13.9. The van der Waals surface area contributed by atoms with Gasteiger partial charge in [-0.25, -0.2) is 4.90 Å². The smallest absolute Gasteiger partial charge is 0.308 e. The second-order valence-electron chi connectivity index (χ2n) is 9.84. The molecule has 1 saturated heterocycles. The first-order chi connectivity index (χ1) is 19.7. The van der Waals surface area contributed by atoms with E-state index < -0.39 is 23.0 Å². The number of amides is 3. The number of aromatic nitrogens is 1. The third kappa shape index (κ3) is 4.96. The summed E-state index contributed by atoms with van der Waals surface area (Å²) in [5.41, 5.74) is 2.85. The molecule has 3 aromatic carbocycles. The molecule has 0 bridgehead atoms. The van der Waals surface area contributed by atoms with Gasteiger partial charge in [-0.05, 0) is 61.0 Å². The second-order valence-corrected chi connectivity index (χ2v) is 12.4. The number of imide groups is 1. The Bertz CT molecular complexity index is 1720. The molecule has 208 valence electrons. The predicted octanol–water partition coefficient (Wildman–Crippen LogP) is 5.31. The summed E-state index contributed by atoms with van der Waals surface area (Å²) in [7, 11) is 1.56. The van der Waals surface area contributed by atoms with E-state index >= 15 is 0 Å². The maximum absolute atomic E-state index is 13.9. The number of benzene rings is 3. The van der Waals surface area contributed by atoms with Gasteiger partial charge in [0, 0.05) is 21.5 Å². The van der Waals surface area contributed by atoms with E-state index in [0.29, 0.717) is 32.1 Å². The highest BCUT2D eigenvalue weighted by Crippen LogP contribution is 2.54. The number of fused-ring (bicyclic) bond motifs is 2. The summed E-state index contributed by atoms with van der Waals surface area (Å²) in [5, 5.41) is 3.10. The Balaban J connectivity index is 1.38. The standard InChI is InChI=1S/C30H24ClN3O5S2/c1-16-3-11-20(12-4-16)34-27(36)24-23(17-5-7-18(31)8-6-17)26-29(40-25(24)28(34)37)33(30(38)41-26)15-22(35)32-19-9-13-21(39-2)14-10-19/h3-14,23-25H,15H2,1-2H3,(H,32,35)/t23-,24?,25?/m1/s1. The fourth-order valence-electron chi connectivity index (χ4n) is 5.25. The largest absolute Gasteiger partial charge is 0.497 e. The molecule has 3 heterocycles. The van der Waals surface area contributed by atoms with Gasteiger partial charge in [-0.1, -0.05) is 64.5 Å². The van der Waals surface area contributed by atoms with Gasteiger partial charge in [0.2, 0.25) is 17.7 Å². The lowest BCUT2D eigenvalue weighted by atomic mass is 9.83. The van der Waals surface area contributed by atoms with Gasteiger partial charge in [-0.2, -0.15) is 0 Å². The van der Waals surface area contributed by atoms with Crippen LogP contribution in [-0.2, 0) is 20.9 Å². The molecule has 0 aliphatic carbocycles. The van der Waals surface area contributed by atoms with E-state index in [2.05, 4.69) is 5.32 Å². The number of carbonyl (C=O) groups excluding carboxylic acids is 3. The first kappa shape index (κ1) is 27.3. The molecule has 8 nitrogen and oxygen atoms in total. The highest BCUT2D eigenvalue weighted by atomic mass is 35.5. The summed E-state index contributed by atoms with van der Waals surface area (Å²) >= 11 is 8.35. The number of methoxy groups -OCH3 is 1. The number of nitrogens with one attached hydrogen (secondary N) is 1. The summed E-state index contributed by atoms with van der Waals surface area (Å²) in [6.07, 6.45) is 0. The van der Waals surface area contributed by atoms with Crippen molar-refractivity contribution in [2.45, 2.75) is 29.7 Å². The Hall–Kier alpha value is -3.86. The number of anilines is 2. The highest BCUT2D eigenvalue weighted by Gasteiger charge is 2.56. The van der Waals surface area contributed by atoms with Gasteiger partial charge in [0.1, 0.15) is 17.5 Å². The monoisotopic (exact) mass is 605 g/mol. The number of hydrogen-bond acceptors (Lipinski definition) is 7. The lowest BCUT2D eigenvalue weighted by Crippen LogP contribution is -2.33. The molecule has 1 fully saturated rings. The molecule has 4 aromatic rings. The van der Waals surface area contributed by atoms with Crippen LogP contribution in [0.1, 0.15) is 21.9 Å². The SMILES string of the molecule is COc1ccc(NC(=O)Cn2c3c(sc2=O)[C@H](c2ccc(Cl)cc2)C2C(=O)N(c4ccc(C)cc4)C(=O)C2S3)cc1. The van der Waals surface area contributed by atoms with E-state index in [1.165, 1.54) is 21.2 Å². The van der Waals surface area contributed by atoms with Crippen LogP contribution in [0.2, 0.25) is 5.02 Å². The third-order valence-corrected chi connectivity index (χ3v) is 10.1. The summed E-state index contributed by atoms with van der Waals surface area (Å²) in [6.45, 7) is 1.70. The van der Waals surface area contributed by atoms with Crippen LogP contribution in [0, 0.1) is 12.8 Å². The van der Waals surface area contributed by atoms with Crippen molar-refractivity contribution in [3.8, 4) is 5.75 Å². The first-order valence-corrected chi connectivity index (χ1v) is 14.9. The van der Waals surface area contributed by atoms with Crippen LogP contribution in [0.3, 0.4) is 0 Å². The zero-order valence-corrected chi connectivity index (χ0v) is 24.4. The van der Waals surface area contributed by atoms with Gasteiger partial charge in [0.15, 0.2) is 0 Å². The zero-order chi connectivity index (χ0) is 28.8. The average molecular weight is 606 g/mol. The van der Waals surface area contributed by atoms with Crippen LogP contribution in [0.25, 0.3) is 0 Å². The van der Waals surface area contributed by atoms with E-state index in [1.807, 2.05) is 31.2 Å². The minimum Gasteiger partial charge on any atom is -0.497 e. The van der Waals surface area contributed by atoms with E-state index in [-0.39, 0.29) is 23.2 Å². The second kappa shape index (κ2) is 10.8. The molecule has 2 aliphatic rings. The van der Waals surface area contributed by atoms with Crippen LogP contribution in [0.5, 0.6) is 5.75 Å². The van der Waals surface area contributed by atoms with E-state index in [4.69, 9.17) is 16.3 Å². The summed E-state index contributed by atoms with van der Waals surface area (Å²) in [5.74, 6) is -1.66. The minimum atomic E-state index is -0.762. The molecule has 41 heavy (non-hydrogen) atoms. The molecule has 3 amide bonds. The molecule has 0 spiro atoms. The summed E-state index contributed by atoms with van der Waals surface area (Å²) in [4.78, 5) is 55.6. The summed E-state index contributed by atoms with van der Waals surface area (Å²) in [6, 6.07) is 21.2. The number of ether oxygens (including phenoxy) is 1. The van der Waals surface area contributed by atoms with Gasteiger partial charge in [0.05, 0.1) is 23.7 Å². The lowest BCUT2D eigenvalue weighted by molar-refractivity contribution is -0.122. The molecule has 3 atom stereocenters. The Morgan fingerprint density at radius 3 is 2.29 bits per heavy atom. The number of thioether (sulfide) groups is 1. The molecule has 0 saturated carbocycles. The quantitative estimate of drug-likeness (QED) is 0.299. The van der Waals surface area contributed by atoms with Gasteiger partial charge in [-0.15, -0.1) is 0 Å². The summed E-state index contributed by atoms with van der Waals surface area (Å²) < 4.78 is 6.56. The van der Waals surface area contributed by atoms with Crippen molar-refractivity contribution in [1.29, 1.82) is 0 Å². The fourth-order valence-corrected chi connectivity index (χ4v) is 8.15. The maximum Gasteiger partial charge on any atom is 0.308 e. The Morgan fingerprint density at radius 2 is 1.63 bits per heavy atom. The number of halogens is 1. The van der Waals surface area contributed by atoms with Crippen LogP contribution < -0.4 is 19.8 Å². The van der Waals surface area contributed by atoms with Crippen molar-refractivity contribution in [2.75, 3.05) is 17.3 Å². The molecule has 6 rings (SSSR count). The van der Waals surface area contributed by atoms with E-state index in [9.17, 15) is 19.2 Å². The number of thiazole rings is 1. The molecular formula is C30H24ClN3O5S2. The number of rotatable bonds is 6. The average Bonchev–Trinajstić information content (AvgIpc) is 3.40. The van der Waals surface area contributed by atoms with Crippen LogP contribution in [0.15, 0.2) is 82.6 Å². The number of hydrogen-bond donors (Lipinski definition) is 1. The van der Waals surface area contributed by atoms with Gasteiger partial charge < -0.3 is 10.1 Å². The van der Waals surface area contributed by atoms with Crippen molar-refractivity contribution in [3.05, 3.63) is 103 Å². The van der Waals surface area contributed by atoms with E-state index in [1.54, 1.807) is 55.6 Å². The van der Waals surface area contributed by atoms with E-state index in [0.717, 1.165) is 22.5 Å². The van der Waals surface area contributed by atoms with Crippen LogP contribution in [-0.4, -0.2) is 34.6 Å². The number of aryl methyl sites for hydroxylation is 1. The first-order valence-electron chi connectivity index (χ1n) is 12.8. The number of carbonyl (C=O) groups is 3. The molecular weight excluding hydrogens is 582 g/mol. The zero-order valence-electron chi connectivity index (χ0n) is 22.0. The lowest BCUT2D eigenvalue weighted by Gasteiger charge is -2.30.